The van der Waals surface area contributed by atoms with Crippen LogP contribution in [0.5, 0.6) is 0 Å². The Morgan fingerprint density at radius 3 is 2.94 bits per heavy atom. The Morgan fingerprint density at radius 2 is 2.22 bits per heavy atom. The number of aromatic nitrogens is 1. The Hall–Kier alpha value is -1.29. The van der Waals surface area contributed by atoms with Gasteiger partial charge in [0.2, 0.25) is 0 Å². The van der Waals surface area contributed by atoms with Crippen LogP contribution in [-0.4, -0.2) is 18.1 Å². The predicted molar refractivity (Wildman–Crippen MR) is 75.7 cm³/mol. The van der Waals surface area contributed by atoms with Crippen LogP contribution in [0.1, 0.15) is 24.1 Å². The number of esters is 1. The average molecular weight is 310 g/mol. The number of aryl methyl sites for hydroxylation is 2. The summed E-state index contributed by atoms with van der Waals surface area (Å²) < 4.78 is 5.72. The standard InChI is InChI=1S/C14H16BrNO2/c1-9-10(5-4-8-13(17)18-2)11-6-3-7-12(15)14(11)16-9/h3,6-7,16H,4-5,8H2,1-2H3. The maximum Gasteiger partial charge on any atom is 0.305 e. The molecular weight excluding hydrogens is 294 g/mol. The molecule has 0 bridgehead atoms. The van der Waals surface area contributed by atoms with Gasteiger partial charge >= 0.3 is 5.97 Å². The molecule has 4 heteroatoms. The molecule has 96 valence electrons. The van der Waals surface area contributed by atoms with Crippen molar-refractivity contribution in [3.63, 3.8) is 0 Å². The van der Waals surface area contributed by atoms with Crippen molar-refractivity contribution in [1.29, 1.82) is 0 Å². The number of carbonyl (C=O) groups is 1. The number of methoxy groups -OCH3 is 1. The Kier molecular flexibility index (Phi) is 4.07. The van der Waals surface area contributed by atoms with E-state index in [1.54, 1.807) is 0 Å². The molecule has 18 heavy (non-hydrogen) atoms. The minimum absolute atomic E-state index is 0.145. The van der Waals surface area contributed by atoms with Gasteiger partial charge in [-0.05, 0) is 47.3 Å². The van der Waals surface area contributed by atoms with Gasteiger partial charge in [-0.2, -0.15) is 0 Å². The SMILES string of the molecule is COC(=O)CCCc1c(C)[nH]c2c(Br)cccc12. The lowest BCUT2D eigenvalue weighted by atomic mass is 10.0. The number of para-hydroxylation sites is 1. The molecule has 0 aliphatic carbocycles. The number of nitrogens with one attached hydrogen (secondary N) is 1. The van der Waals surface area contributed by atoms with Gasteiger partial charge in [-0.3, -0.25) is 4.79 Å². The zero-order chi connectivity index (χ0) is 13.1. The van der Waals surface area contributed by atoms with Crippen molar-refractivity contribution in [1.82, 2.24) is 4.98 Å². The van der Waals surface area contributed by atoms with Crippen LogP contribution >= 0.6 is 15.9 Å². The molecule has 0 saturated heterocycles. The first-order chi connectivity index (χ1) is 8.63. The number of carbonyl (C=O) groups excluding carboxylic acids is 1. The Balaban J connectivity index is 2.20. The van der Waals surface area contributed by atoms with Gasteiger partial charge < -0.3 is 9.72 Å². The van der Waals surface area contributed by atoms with Crippen LogP contribution in [0.3, 0.4) is 0 Å². The van der Waals surface area contributed by atoms with E-state index in [0.29, 0.717) is 6.42 Å². The van der Waals surface area contributed by atoms with Crippen molar-refractivity contribution in [2.24, 2.45) is 0 Å². The number of hydrogen-bond donors (Lipinski definition) is 1. The molecule has 0 unspecified atom stereocenters. The third kappa shape index (κ3) is 2.58. The van der Waals surface area contributed by atoms with Gasteiger partial charge in [0, 0.05) is 22.0 Å². The highest BCUT2D eigenvalue weighted by Gasteiger charge is 2.10. The maximum atomic E-state index is 11.1. The average Bonchev–Trinajstić information content (AvgIpc) is 2.68. The van der Waals surface area contributed by atoms with Gasteiger partial charge in [0.25, 0.3) is 0 Å². The van der Waals surface area contributed by atoms with Crippen molar-refractivity contribution >= 4 is 32.8 Å². The molecule has 2 rings (SSSR count). The zero-order valence-electron chi connectivity index (χ0n) is 10.5. The van der Waals surface area contributed by atoms with Gasteiger partial charge in [-0.15, -0.1) is 0 Å². The highest BCUT2D eigenvalue weighted by Crippen LogP contribution is 2.29. The number of fused-ring (bicyclic) bond motifs is 1. The number of benzene rings is 1. The maximum absolute atomic E-state index is 11.1. The molecule has 0 atom stereocenters. The molecule has 0 fully saturated rings. The van der Waals surface area contributed by atoms with E-state index in [-0.39, 0.29) is 5.97 Å². The summed E-state index contributed by atoms with van der Waals surface area (Å²) >= 11 is 3.54. The molecule has 3 nitrogen and oxygen atoms in total. The molecule has 0 amide bonds. The van der Waals surface area contributed by atoms with Crippen LogP contribution in [0.2, 0.25) is 0 Å². The van der Waals surface area contributed by atoms with Crippen LogP contribution in [0.25, 0.3) is 10.9 Å². The van der Waals surface area contributed by atoms with Gasteiger partial charge in [0.05, 0.1) is 12.6 Å². The molecule has 1 N–H and O–H groups in total. The second kappa shape index (κ2) is 5.57. The van der Waals surface area contributed by atoms with Crippen molar-refractivity contribution in [3.8, 4) is 0 Å². The van der Waals surface area contributed by atoms with E-state index in [2.05, 4.69) is 38.6 Å². The fourth-order valence-corrected chi connectivity index (χ4v) is 2.67. The summed E-state index contributed by atoms with van der Waals surface area (Å²) in [6.45, 7) is 2.07. The fourth-order valence-electron chi connectivity index (χ4n) is 2.20. The molecule has 1 aromatic heterocycles. The van der Waals surface area contributed by atoms with Gasteiger partial charge in [-0.1, -0.05) is 12.1 Å². The summed E-state index contributed by atoms with van der Waals surface area (Å²) in [5.74, 6) is -0.145. The monoisotopic (exact) mass is 309 g/mol. The van der Waals surface area contributed by atoms with Gasteiger partial charge in [0.1, 0.15) is 0 Å². The van der Waals surface area contributed by atoms with E-state index in [1.807, 2.05) is 12.1 Å². The van der Waals surface area contributed by atoms with E-state index in [0.717, 1.165) is 22.8 Å². The lowest BCUT2D eigenvalue weighted by Gasteiger charge is -2.01. The molecular formula is C14H16BrNO2. The molecule has 0 aliphatic rings. The van der Waals surface area contributed by atoms with Crippen molar-refractivity contribution in [2.45, 2.75) is 26.2 Å². The number of H-pyrrole nitrogens is 1. The number of hydrogen-bond acceptors (Lipinski definition) is 2. The van der Waals surface area contributed by atoms with Crippen molar-refractivity contribution in [2.75, 3.05) is 7.11 Å². The third-order valence-electron chi connectivity index (χ3n) is 3.14. The molecule has 1 aromatic carbocycles. The lowest BCUT2D eigenvalue weighted by molar-refractivity contribution is -0.140. The van der Waals surface area contributed by atoms with E-state index < -0.39 is 0 Å². The Bertz CT molecular complexity index is 574. The Labute approximate surface area is 115 Å². The molecule has 0 spiro atoms. The summed E-state index contributed by atoms with van der Waals surface area (Å²) in [5, 5.41) is 1.23. The second-order valence-corrected chi connectivity index (χ2v) is 5.17. The topological polar surface area (TPSA) is 42.1 Å². The normalized spacial score (nSPS) is 10.8. The third-order valence-corrected chi connectivity index (χ3v) is 3.80. The highest BCUT2D eigenvalue weighted by molar-refractivity contribution is 9.10. The van der Waals surface area contributed by atoms with Crippen molar-refractivity contribution < 1.29 is 9.53 Å². The first kappa shape index (κ1) is 13.1. The summed E-state index contributed by atoms with van der Waals surface area (Å²) in [5.41, 5.74) is 3.58. The fraction of sp³-hybridized carbons (Fsp3) is 0.357. The number of rotatable bonds is 4. The van der Waals surface area contributed by atoms with Crippen LogP contribution in [0, 0.1) is 6.92 Å². The summed E-state index contributed by atoms with van der Waals surface area (Å²) in [6, 6.07) is 6.16. The first-order valence-electron chi connectivity index (χ1n) is 5.96. The van der Waals surface area contributed by atoms with Gasteiger partial charge in [0.15, 0.2) is 0 Å². The number of aromatic amines is 1. The molecule has 2 aromatic rings. The van der Waals surface area contributed by atoms with Crippen LogP contribution < -0.4 is 0 Å². The highest BCUT2D eigenvalue weighted by atomic mass is 79.9. The minimum atomic E-state index is -0.145. The molecule has 0 saturated carbocycles. The van der Waals surface area contributed by atoms with Crippen LogP contribution in [-0.2, 0) is 16.0 Å². The first-order valence-corrected chi connectivity index (χ1v) is 6.75. The van der Waals surface area contributed by atoms with Gasteiger partial charge in [-0.25, -0.2) is 0 Å². The number of halogens is 1. The quantitative estimate of drug-likeness (QED) is 0.874. The largest absolute Gasteiger partial charge is 0.469 e. The van der Waals surface area contributed by atoms with Crippen LogP contribution in [0.15, 0.2) is 22.7 Å². The van der Waals surface area contributed by atoms with E-state index >= 15 is 0 Å². The zero-order valence-corrected chi connectivity index (χ0v) is 12.1. The van der Waals surface area contributed by atoms with E-state index in [9.17, 15) is 4.79 Å². The lowest BCUT2D eigenvalue weighted by Crippen LogP contribution is -2.00. The summed E-state index contributed by atoms with van der Waals surface area (Å²) in [6.07, 6.45) is 2.17. The van der Waals surface area contributed by atoms with Crippen molar-refractivity contribution in [3.05, 3.63) is 33.9 Å². The van der Waals surface area contributed by atoms with E-state index in [1.165, 1.54) is 23.8 Å². The molecule has 1 heterocycles. The summed E-state index contributed by atoms with van der Waals surface area (Å²) in [7, 11) is 1.43. The second-order valence-electron chi connectivity index (χ2n) is 4.32. The molecule has 0 radical (unpaired) electrons. The Morgan fingerprint density at radius 1 is 1.44 bits per heavy atom. The number of ether oxygens (including phenoxy) is 1. The van der Waals surface area contributed by atoms with Crippen LogP contribution in [0.4, 0.5) is 0 Å². The minimum Gasteiger partial charge on any atom is -0.469 e. The van der Waals surface area contributed by atoms with E-state index in [4.69, 9.17) is 0 Å². The summed E-state index contributed by atoms with van der Waals surface area (Å²) in [4.78, 5) is 14.5. The predicted octanol–water partition coefficient (Wildman–Crippen LogP) is 3.73. The smallest absolute Gasteiger partial charge is 0.305 e. The molecule has 0 aliphatic heterocycles.